The van der Waals surface area contributed by atoms with Crippen LogP contribution in [-0.4, -0.2) is 30.8 Å². The molecule has 6 nitrogen and oxygen atoms in total. The van der Waals surface area contributed by atoms with E-state index >= 15 is 0 Å². The van der Waals surface area contributed by atoms with Gasteiger partial charge in [-0.05, 0) is 23.8 Å². The van der Waals surface area contributed by atoms with Crippen LogP contribution in [0.25, 0.3) is 5.65 Å². The van der Waals surface area contributed by atoms with Gasteiger partial charge < -0.3 is 0 Å². The van der Waals surface area contributed by atoms with E-state index < -0.39 is 0 Å². The second-order valence-corrected chi connectivity index (χ2v) is 3.35. The summed E-state index contributed by atoms with van der Waals surface area (Å²) in [5.41, 5.74) is 1.31. The summed E-state index contributed by atoms with van der Waals surface area (Å²) in [6.07, 6.45) is 3.92. The molecule has 0 spiro atoms. The number of tetrazole rings is 1. The van der Waals surface area contributed by atoms with Crippen molar-refractivity contribution in [2.24, 2.45) is 0 Å². The molecule has 0 aliphatic heterocycles. The molecule has 0 amide bonds. The molecule has 0 aromatic carbocycles. The van der Waals surface area contributed by atoms with E-state index in [1.54, 1.807) is 23.8 Å². The maximum absolute atomic E-state index is 11.4. The van der Waals surface area contributed by atoms with Crippen LogP contribution in [0.15, 0.2) is 12.4 Å². The maximum Gasteiger partial charge on any atom is 0.197 e. The van der Waals surface area contributed by atoms with E-state index in [0.717, 1.165) is 12.1 Å². The number of hydrogen-bond donors (Lipinski definition) is 0. The van der Waals surface area contributed by atoms with Crippen molar-refractivity contribution < 1.29 is 4.79 Å². The quantitative estimate of drug-likeness (QED) is 0.733. The minimum Gasteiger partial charge on any atom is -0.299 e. The van der Waals surface area contributed by atoms with Gasteiger partial charge in [0.15, 0.2) is 5.65 Å². The molecule has 0 saturated carbocycles. The first-order valence-corrected chi connectivity index (χ1v) is 4.76. The predicted octanol–water partition coefficient (Wildman–Crippen LogP) is 0.602. The van der Waals surface area contributed by atoms with Gasteiger partial charge in [-0.3, -0.25) is 9.78 Å². The fraction of sp³-hybridized carbons (Fsp3) is 0.444. The second-order valence-electron chi connectivity index (χ2n) is 3.35. The smallest absolute Gasteiger partial charge is 0.197 e. The molecule has 0 saturated heterocycles. The van der Waals surface area contributed by atoms with E-state index in [-0.39, 0.29) is 11.7 Å². The van der Waals surface area contributed by atoms with Crippen LogP contribution in [-0.2, 0) is 4.79 Å². The summed E-state index contributed by atoms with van der Waals surface area (Å²) >= 11 is 0. The maximum atomic E-state index is 11.4. The molecule has 2 rings (SSSR count). The van der Waals surface area contributed by atoms with E-state index in [1.165, 1.54) is 0 Å². The van der Waals surface area contributed by atoms with Gasteiger partial charge in [0.2, 0.25) is 0 Å². The molecule has 6 heteroatoms. The summed E-state index contributed by atoms with van der Waals surface area (Å²) in [6, 6.07) is 0. The molecule has 2 aromatic heterocycles. The van der Waals surface area contributed by atoms with Crippen molar-refractivity contribution >= 4 is 11.4 Å². The van der Waals surface area contributed by atoms with Crippen LogP contribution in [0.5, 0.6) is 0 Å². The summed E-state index contributed by atoms with van der Waals surface area (Å²) in [5, 5.41) is 11.2. The van der Waals surface area contributed by atoms with Crippen molar-refractivity contribution in [1.29, 1.82) is 0 Å². The van der Waals surface area contributed by atoms with Gasteiger partial charge in [-0.2, -0.15) is 4.52 Å². The highest BCUT2D eigenvalue weighted by atomic mass is 16.1. The summed E-state index contributed by atoms with van der Waals surface area (Å²) in [6.45, 7) is 3.52. The van der Waals surface area contributed by atoms with Gasteiger partial charge in [0, 0.05) is 6.20 Å². The number of carbonyl (C=O) groups is 1. The van der Waals surface area contributed by atoms with Crippen molar-refractivity contribution in [3.05, 3.63) is 18.1 Å². The molecule has 2 heterocycles. The summed E-state index contributed by atoms with van der Waals surface area (Å²) < 4.78 is 1.56. The van der Waals surface area contributed by atoms with Crippen LogP contribution in [0.4, 0.5) is 0 Å². The van der Waals surface area contributed by atoms with Gasteiger partial charge in [-0.15, -0.1) is 5.10 Å². The lowest BCUT2D eigenvalue weighted by Crippen LogP contribution is -2.13. The zero-order valence-electron chi connectivity index (χ0n) is 8.58. The molecule has 0 N–H and O–H groups in total. The van der Waals surface area contributed by atoms with Crippen LogP contribution in [0, 0.1) is 0 Å². The summed E-state index contributed by atoms with van der Waals surface area (Å²) in [5.74, 6) is -0.0907. The van der Waals surface area contributed by atoms with Crippen molar-refractivity contribution in [3.63, 3.8) is 0 Å². The third-order valence-corrected chi connectivity index (χ3v) is 2.39. The van der Waals surface area contributed by atoms with Crippen molar-refractivity contribution in [3.8, 4) is 0 Å². The molecule has 0 aliphatic rings. The van der Waals surface area contributed by atoms with Crippen LogP contribution in [0.2, 0.25) is 0 Å². The zero-order chi connectivity index (χ0) is 10.8. The second kappa shape index (κ2) is 3.72. The Labute approximate surface area is 86.3 Å². The minimum atomic E-state index is -0.190. The van der Waals surface area contributed by atoms with Crippen LogP contribution in [0.1, 0.15) is 31.9 Å². The normalized spacial score (nSPS) is 12.9. The molecule has 1 unspecified atom stereocenters. The number of hydrogen-bond acceptors (Lipinski definition) is 5. The Morgan fingerprint density at radius 1 is 1.53 bits per heavy atom. The van der Waals surface area contributed by atoms with Crippen molar-refractivity contribution in [1.82, 2.24) is 25.0 Å². The lowest BCUT2D eigenvalue weighted by Gasteiger charge is -2.11. The third kappa shape index (κ3) is 1.58. The van der Waals surface area contributed by atoms with E-state index in [2.05, 4.69) is 20.5 Å². The molecule has 15 heavy (non-hydrogen) atoms. The number of ketones is 1. The number of nitrogens with zero attached hydrogens (tertiary/aromatic N) is 5. The first-order valence-electron chi connectivity index (χ1n) is 4.76. The number of carbonyl (C=O) groups excluding carboxylic acids is 1. The van der Waals surface area contributed by atoms with Gasteiger partial charge in [0.05, 0.1) is 17.8 Å². The minimum absolute atomic E-state index is 0.0994. The molecule has 0 fully saturated rings. The summed E-state index contributed by atoms with van der Waals surface area (Å²) in [4.78, 5) is 15.5. The fourth-order valence-corrected chi connectivity index (χ4v) is 1.64. The average Bonchev–Trinajstić information content (AvgIpc) is 2.66. The van der Waals surface area contributed by atoms with Gasteiger partial charge in [0.25, 0.3) is 0 Å². The Kier molecular flexibility index (Phi) is 2.40. The Bertz CT molecular complexity index is 492. The molecule has 78 valence electrons. The highest BCUT2D eigenvalue weighted by molar-refractivity contribution is 5.82. The standard InChI is InChI=1S/C9H11N5O/c1-3-7(6(2)15)8-4-10-5-9-11-12-13-14(8)9/h4-5,7H,3H2,1-2H3. The van der Waals surface area contributed by atoms with Crippen molar-refractivity contribution in [2.45, 2.75) is 26.2 Å². The van der Waals surface area contributed by atoms with Gasteiger partial charge >= 0.3 is 0 Å². The number of fused-ring (bicyclic) bond motifs is 1. The molecular formula is C9H11N5O. The molecule has 0 radical (unpaired) electrons. The van der Waals surface area contributed by atoms with Gasteiger partial charge in [0.1, 0.15) is 5.78 Å². The lowest BCUT2D eigenvalue weighted by molar-refractivity contribution is -0.118. The first kappa shape index (κ1) is 9.70. The predicted molar refractivity (Wildman–Crippen MR) is 52.3 cm³/mol. The fourth-order valence-electron chi connectivity index (χ4n) is 1.64. The van der Waals surface area contributed by atoms with Gasteiger partial charge in [-0.1, -0.05) is 6.92 Å². The van der Waals surface area contributed by atoms with Crippen LogP contribution >= 0.6 is 0 Å². The Morgan fingerprint density at radius 3 is 3.00 bits per heavy atom. The third-order valence-electron chi connectivity index (χ3n) is 2.39. The average molecular weight is 205 g/mol. The lowest BCUT2D eigenvalue weighted by atomic mass is 9.99. The highest BCUT2D eigenvalue weighted by Crippen LogP contribution is 2.19. The van der Waals surface area contributed by atoms with Crippen molar-refractivity contribution in [2.75, 3.05) is 0 Å². The molecular weight excluding hydrogens is 194 g/mol. The topological polar surface area (TPSA) is 73.0 Å². The first-order chi connectivity index (χ1) is 7.24. The van der Waals surface area contributed by atoms with E-state index in [4.69, 9.17) is 0 Å². The highest BCUT2D eigenvalue weighted by Gasteiger charge is 2.18. The molecule has 0 bridgehead atoms. The van der Waals surface area contributed by atoms with Crippen LogP contribution < -0.4 is 0 Å². The van der Waals surface area contributed by atoms with E-state index in [9.17, 15) is 4.79 Å². The monoisotopic (exact) mass is 205 g/mol. The Balaban J connectivity index is 2.59. The van der Waals surface area contributed by atoms with E-state index in [1.807, 2.05) is 6.92 Å². The number of aromatic nitrogens is 5. The van der Waals surface area contributed by atoms with E-state index in [0.29, 0.717) is 5.65 Å². The van der Waals surface area contributed by atoms with Crippen LogP contribution in [0.3, 0.4) is 0 Å². The Morgan fingerprint density at radius 2 is 2.33 bits per heavy atom. The molecule has 0 aliphatic carbocycles. The summed E-state index contributed by atoms with van der Waals surface area (Å²) in [7, 11) is 0. The molecule has 1 atom stereocenters. The Hall–Kier alpha value is -1.85. The van der Waals surface area contributed by atoms with Gasteiger partial charge in [-0.25, -0.2) is 0 Å². The molecule has 2 aromatic rings. The SMILES string of the molecule is CCC(C(C)=O)c1cncc2nnnn12. The number of rotatable bonds is 3. The zero-order valence-corrected chi connectivity index (χ0v) is 8.58. The number of Topliss-reactive ketones (excluding diaryl/α,β-unsaturated/α-hetero) is 1. The largest absolute Gasteiger partial charge is 0.299 e.